The van der Waals surface area contributed by atoms with Crippen LogP contribution in [-0.2, 0) is 4.74 Å². The fourth-order valence-corrected chi connectivity index (χ4v) is 2.29. The van der Waals surface area contributed by atoms with Crippen LogP contribution in [0.25, 0.3) is 11.2 Å². The molecule has 20 heavy (non-hydrogen) atoms. The number of fused-ring (bicyclic) bond motifs is 1. The zero-order chi connectivity index (χ0) is 15.0. The zero-order valence-electron chi connectivity index (χ0n) is 11.7. The molecule has 0 spiro atoms. The van der Waals surface area contributed by atoms with Gasteiger partial charge in [0, 0.05) is 13.5 Å². The van der Waals surface area contributed by atoms with Gasteiger partial charge < -0.3 is 20.3 Å². The Balaban J connectivity index is 1.98. The molecular formula is C11H15N5O4. The minimum Gasteiger partial charge on any atom is -0.394 e. The summed E-state index contributed by atoms with van der Waals surface area (Å²) in [5, 5.41) is 16.9. The van der Waals surface area contributed by atoms with E-state index in [2.05, 4.69) is 25.4 Å². The van der Waals surface area contributed by atoms with Gasteiger partial charge in [-0.1, -0.05) is 0 Å². The number of aliphatic hydroxyl groups is 2. The lowest BCUT2D eigenvalue weighted by Gasteiger charge is -2.13. The summed E-state index contributed by atoms with van der Waals surface area (Å²) in [5.41, 5.74) is 0.215. The number of anilines is 1. The van der Waals surface area contributed by atoms with E-state index in [-0.39, 0.29) is 17.7 Å². The number of hydrogen-bond acceptors (Lipinski definition) is 7. The lowest BCUT2D eigenvalue weighted by Crippen LogP contribution is -2.24. The summed E-state index contributed by atoms with van der Waals surface area (Å²) in [6.45, 7) is -0.0277. The first-order valence-electron chi connectivity index (χ1n) is 6.61. The van der Waals surface area contributed by atoms with Crippen LogP contribution in [0.15, 0.2) is 11.1 Å². The molecule has 1 saturated heterocycles. The summed E-state index contributed by atoms with van der Waals surface area (Å²) in [5.74, 6) is 0.318. The standard InChI is InChI=1S/C11H15N5O4/c1-12-11-14-9-8(10(19)15-11)13-4-16(9)7-2-5(18)6(3-17)20-7/h4-7,17-18H,2-3H2,1H3,(H2,12,14,15,19)/i17D. The predicted octanol–water partition coefficient (Wildman–Crippen LogP) is -1.20. The fraction of sp³-hybridized carbons (Fsp3) is 0.545. The number of aromatic amines is 1. The van der Waals surface area contributed by atoms with E-state index < -0.39 is 18.4 Å². The number of nitrogens with zero attached hydrogens (tertiary/aromatic N) is 3. The van der Waals surface area contributed by atoms with E-state index in [9.17, 15) is 9.90 Å². The van der Waals surface area contributed by atoms with Crippen LogP contribution in [0.3, 0.4) is 0 Å². The van der Waals surface area contributed by atoms with Crippen LogP contribution in [0.4, 0.5) is 5.95 Å². The van der Waals surface area contributed by atoms with Crippen LogP contribution in [-0.4, -0.2) is 57.0 Å². The normalized spacial score (nSPS) is 26.9. The van der Waals surface area contributed by atoms with Gasteiger partial charge in [-0.25, -0.2) is 4.98 Å². The topological polar surface area (TPSA) is 125 Å². The van der Waals surface area contributed by atoms with Crippen LogP contribution in [0.2, 0.25) is 0 Å². The molecular weight excluding hydrogens is 266 g/mol. The number of aliphatic hydroxyl groups excluding tert-OH is 2. The quantitative estimate of drug-likeness (QED) is 0.555. The largest absolute Gasteiger partial charge is 0.394 e. The first kappa shape index (κ1) is 11.8. The average Bonchev–Trinajstić information content (AvgIpc) is 3.03. The van der Waals surface area contributed by atoms with Crippen LogP contribution in [0.5, 0.6) is 0 Å². The summed E-state index contributed by atoms with van der Waals surface area (Å²) in [7, 11) is 1.64. The maximum Gasteiger partial charge on any atom is 0.280 e. The molecule has 0 aliphatic carbocycles. The van der Waals surface area contributed by atoms with Crippen molar-refractivity contribution in [3.8, 4) is 0 Å². The SMILES string of the molecule is [2H]OCC1OC(n2cnc3c(=O)[nH]c(NC)nc32)CC1O. The molecule has 0 amide bonds. The van der Waals surface area contributed by atoms with Gasteiger partial charge >= 0.3 is 0 Å². The number of rotatable bonds is 4. The van der Waals surface area contributed by atoms with Gasteiger partial charge in [0.05, 0.1) is 19.0 Å². The van der Waals surface area contributed by atoms with Crippen LogP contribution in [0.1, 0.15) is 12.6 Å². The number of hydrogen-bond donors (Lipinski definition) is 4. The highest BCUT2D eigenvalue weighted by Gasteiger charge is 2.35. The lowest BCUT2D eigenvalue weighted by atomic mass is 10.2. The zero-order valence-corrected chi connectivity index (χ0v) is 10.7. The number of ether oxygens (including phenoxy) is 1. The summed E-state index contributed by atoms with van der Waals surface area (Å²) in [6, 6.07) is 0. The molecule has 4 N–H and O–H groups in total. The monoisotopic (exact) mass is 282 g/mol. The van der Waals surface area contributed by atoms with Gasteiger partial charge in [-0.3, -0.25) is 14.3 Å². The molecule has 3 unspecified atom stereocenters. The van der Waals surface area contributed by atoms with Gasteiger partial charge in [0.2, 0.25) is 7.38 Å². The second kappa shape index (κ2) is 4.85. The maximum absolute atomic E-state index is 11.9. The molecule has 0 radical (unpaired) electrons. The van der Waals surface area contributed by atoms with Crippen molar-refractivity contribution in [3.63, 3.8) is 0 Å². The van der Waals surface area contributed by atoms with E-state index in [0.717, 1.165) is 0 Å². The van der Waals surface area contributed by atoms with Gasteiger partial charge in [-0.2, -0.15) is 4.98 Å². The van der Waals surface area contributed by atoms with Gasteiger partial charge in [0.15, 0.2) is 11.2 Å². The van der Waals surface area contributed by atoms with E-state index in [0.29, 0.717) is 18.0 Å². The van der Waals surface area contributed by atoms with Crippen molar-refractivity contribution in [1.29, 1.82) is 1.43 Å². The van der Waals surface area contributed by atoms with Crippen molar-refractivity contribution >= 4 is 17.1 Å². The Morgan fingerprint density at radius 1 is 1.75 bits per heavy atom. The molecule has 1 aliphatic heterocycles. The lowest BCUT2D eigenvalue weighted by molar-refractivity contribution is -0.0432. The third-order valence-corrected chi connectivity index (χ3v) is 3.35. The van der Waals surface area contributed by atoms with Gasteiger partial charge in [-0.05, 0) is 0 Å². The first-order valence-corrected chi connectivity index (χ1v) is 6.20. The Hall–Kier alpha value is -1.97. The molecule has 3 rings (SSSR count). The van der Waals surface area contributed by atoms with Gasteiger partial charge in [0.1, 0.15) is 12.3 Å². The molecule has 0 saturated carbocycles. The van der Waals surface area contributed by atoms with E-state index in [4.69, 9.17) is 6.17 Å². The highest BCUT2D eigenvalue weighted by Crippen LogP contribution is 2.30. The van der Waals surface area contributed by atoms with E-state index >= 15 is 0 Å². The fourth-order valence-electron chi connectivity index (χ4n) is 2.29. The average molecular weight is 282 g/mol. The molecule has 2 aromatic rings. The maximum atomic E-state index is 11.9. The van der Waals surface area contributed by atoms with Crippen molar-refractivity contribution in [2.45, 2.75) is 24.9 Å². The Kier molecular flexibility index (Phi) is 2.87. The molecule has 1 fully saturated rings. The second-order valence-corrected chi connectivity index (χ2v) is 4.59. The van der Waals surface area contributed by atoms with Crippen molar-refractivity contribution in [2.24, 2.45) is 0 Å². The van der Waals surface area contributed by atoms with Crippen molar-refractivity contribution in [2.75, 3.05) is 19.0 Å². The van der Waals surface area contributed by atoms with Crippen LogP contribution < -0.4 is 10.9 Å². The number of nitrogens with one attached hydrogen (secondary N) is 2. The third kappa shape index (κ3) is 1.96. The van der Waals surface area contributed by atoms with Gasteiger partial charge in [0.25, 0.3) is 5.56 Å². The first-order chi connectivity index (χ1) is 10.1. The van der Waals surface area contributed by atoms with Crippen molar-refractivity contribution in [3.05, 3.63) is 16.7 Å². The highest BCUT2D eigenvalue weighted by molar-refractivity contribution is 5.70. The number of H-pyrrole nitrogens is 1. The molecule has 2 aromatic heterocycles. The van der Waals surface area contributed by atoms with Crippen LogP contribution in [0, 0.1) is 0 Å². The van der Waals surface area contributed by atoms with Crippen LogP contribution >= 0.6 is 0 Å². The highest BCUT2D eigenvalue weighted by atomic mass is 16.5. The molecule has 3 atom stereocenters. The van der Waals surface area contributed by atoms with Gasteiger partial charge in [-0.15, -0.1) is 0 Å². The van der Waals surface area contributed by atoms with E-state index in [1.165, 1.54) is 6.33 Å². The number of imidazole rings is 1. The number of aromatic nitrogens is 4. The Morgan fingerprint density at radius 3 is 3.35 bits per heavy atom. The minimum absolute atomic E-state index is 0.0277. The summed E-state index contributed by atoms with van der Waals surface area (Å²) >= 11 is 0. The summed E-state index contributed by atoms with van der Waals surface area (Å²) in [4.78, 5) is 22.7. The predicted molar refractivity (Wildman–Crippen MR) is 69.3 cm³/mol. The Labute approximate surface area is 114 Å². The van der Waals surface area contributed by atoms with Crippen molar-refractivity contribution < 1.29 is 15.0 Å². The van der Waals surface area contributed by atoms with E-state index in [1.807, 2.05) is 0 Å². The second-order valence-electron chi connectivity index (χ2n) is 4.59. The molecule has 0 bridgehead atoms. The molecule has 9 nitrogen and oxygen atoms in total. The summed E-state index contributed by atoms with van der Waals surface area (Å²) < 4.78 is 14.0. The molecule has 3 heterocycles. The van der Waals surface area contributed by atoms with Crippen molar-refractivity contribution in [1.82, 2.24) is 19.5 Å². The molecule has 108 valence electrons. The van der Waals surface area contributed by atoms with E-state index in [1.54, 1.807) is 11.6 Å². The molecule has 9 heteroatoms. The Bertz CT molecular complexity index is 701. The molecule has 1 aliphatic rings. The Morgan fingerprint density at radius 2 is 2.60 bits per heavy atom. The smallest absolute Gasteiger partial charge is 0.280 e. The summed E-state index contributed by atoms with van der Waals surface area (Å²) in [6.07, 6.45) is -0.0836. The molecule has 0 aromatic carbocycles. The minimum atomic E-state index is -0.747. The third-order valence-electron chi connectivity index (χ3n) is 3.35.